The molecule has 2 aromatic rings. The molecule has 0 fully saturated rings. The molecule has 0 bridgehead atoms. The first-order valence-corrected chi connectivity index (χ1v) is 8.65. The standard InChI is InChI=1S/C18H19IN2O5/c1-23-15-8-12(9-16(24-2)18(15)25-3)10-20-21-17(22)11-26-14-6-4-13(19)5-7-14/h4-10H,11H2,1-3H3,(H,21,22)/b20-10+. The van der Waals surface area contributed by atoms with Crippen molar-refractivity contribution in [1.29, 1.82) is 0 Å². The SMILES string of the molecule is COc1cc(/C=N/NC(=O)COc2ccc(I)cc2)cc(OC)c1OC. The van der Waals surface area contributed by atoms with Gasteiger partial charge in [0.15, 0.2) is 18.1 Å². The van der Waals surface area contributed by atoms with Crippen LogP contribution in [0.15, 0.2) is 41.5 Å². The lowest BCUT2D eigenvalue weighted by molar-refractivity contribution is -0.123. The molecule has 0 atom stereocenters. The van der Waals surface area contributed by atoms with Gasteiger partial charge in [0.1, 0.15) is 5.75 Å². The lowest BCUT2D eigenvalue weighted by atomic mass is 10.2. The van der Waals surface area contributed by atoms with Crippen molar-refractivity contribution in [2.75, 3.05) is 27.9 Å². The van der Waals surface area contributed by atoms with Crippen LogP contribution in [0.3, 0.4) is 0 Å². The minimum Gasteiger partial charge on any atom is -0.493 e. The maximum absolute atomic E-state index is 11.8. The number of amides is 1. The number of carbonyl (C=O) groups excluding carboxylic acids is 1. The molecule has 7 nitrogen and oxygen atoms in total. The molecule has 2 aromatic carbocycles. The van der Waals surface area contributed by atoms with Crippen molar-refractivity contribution in [3.05, 3.63) is 45.5 Å². The highest BCUT2D eigenvalue weighted by molar-refractivity contribution is 14.1. The largest absolute Gasteiger partial charge is 0.493 e. The third-order valence-electron chi connectivity index (χ3n) is 3.27. The first-order valence-electron chi connectivity index (χ1n) is 7.57. The third kappa shape index (κ3) is 5.51. The van der Waals surface area contributed by atoms with Gasteiger partial charge in [-0.1, -0.05) is 0 Å². The van der Waals surface area contributed by atoms with Crippen molar-refractivity contribution in [1.82, 2.24) is 5.43 Å². The van der Waals surface area contributed by atoms with Crippen molar-refractivity contribution in [2.24, 2.45) is 5.10 Å². The Hall–Kier alpha value is -2.49. The van der Waals surface area contributed by atoms with Crippen molar-refractivity contribution >= 4 is 34.7 Å². The third-order valence-corrected chi connectivity index (χ3v) is 3.99. The molecular weight excluding hydrogens is 451 g/mol. The highest BCUT2D eigenvalue weighted by atomic mass is 127. The van der Waals surface area contributed by atoms with E-state index in [1.54, 1.807) is 24.3 Å². The number of hydrogen-bond acceptors (Lipinski definition) is 6. The van der Waals surface area contributed by atoms with Gasteiger partial charge in [-0.3, -0.25) is 4.79 Å². The molecule has 8 heteroatoms. The minimum atomic E-state index is -0.368. The van der Waals surface area contributed by atoms with E-state index in [0.717, 1.165) is 3.57 Å². The second kappa shape index (κ2) is 9.85. The fourth-order valence-corrected chi connectivity index (χ4v) is 2.43. The summed E-state index contributed by atoms with van der Waals surface area (Å²) in [4.78, 5) is 11.8. The molecule has 2 rings (SSSR count). The zero-order valence-electron chi connectivity index (χ0n) is 14.6. The molecule has 0 radical (unpaired) electrons. The summed E-state index contributed by atoms with van der Waals surface area (Å²) >= 11 is 2.20. The molecule has 0 aliphatic rings. The Bertz CT molecular complexity index is 753. The van der Waals surface area contributed by atoms with Gasteiger partial charge in [0.25, 0.3) is 5.91 Å². The van der Waals surface area contributed by atoms with E-state index >= 15 is 0 Å². The molecule has 1 N–H and O–H groups in total. The Labute approximate surface area is 165 Å². The normalized spacial score (nSPS) is 10.5. The fourth-order valence-electron chi connectivity index (χ4n) is 2.07. The molecule has 0 spiro atoms. The number of nitrogens with zero attached hydrogens (tertiary/aromatic N) is 1. The van der Waals surface area contributed by atoms with Crippen molar-refractivity contribution < 1.29 is 23.7 Å². The number of benzene rings is 2. The van der Waals surface area contributed by atoms with Gasteiger partial charge in [-0.15, -0.1) is 0 Å². The van der Waals surface area contributed by atoms with Gasteiger partial charge in [0.2, 0.25) is 5.75 Å². The molecule has 0 saturated heterocycles. The number of rotatable bonds is 8. The van der Waals surface area contributed by atoms with Crippen molar-refractivity contribution in [3.63, 3.8) is 0 Å². The fraction of sp³-hybridized carbons (Fsp3) is 0.222. The summed E-state index contributed by atoms with van der Waals surface area (Å²) in [7, 11) is 4.59. The van der Waals surface area contributed by atoms with Crippen LogP contribution in [0.1, 0.15) is 5.56 Å². The van der Waals surface area contributed by atoms with Crippen molar-refractivity contribution in [2.45, 2.75) is 0 Å². The summed E-state index contributed by atoms with van der Waals surface area (Å²) in [5.74, 6) is 1.74. The Morgan fingerprint density at radius 3 is 2.23 bits per heavy atom. The average molecular weight is 470 g/mol. The molecule has 0 aliphatic carbocycles. The van der Waals surface area contributed by atoms with Crippen LogP contribution in [0.5, 0.6) is 23.0 Å². The van der Waals surface area contributed by atoms with Gasteiger partial charge < -0.3 is 18.9 Å². The van der Waals surface area contributed by atoms with Crippen LogP contribution in [0.25, 0.3) is 0 Å². The summed E-state index contributed by atoms with van der Waals surface area (Å²) in [6.45, 7) is -0.132. The van der Waals surface area contributed by atoms with Gasteiger partial charge in [-0.05, 0) is 59.0 Å². The maximum atomic E-state index is 11.8. The highest BCUT2D eigenvalue weighted by Crippen LogP contribution is 2.37. The first-order chi connectivity index (χ1) is 12.6. The Kier molecular flexibility index (Phi) is 7.52. The van der Waals surface area contributed by atoms with Crippen LogP contribution in [-0.2, 0) is 4.79 Å². The number of hydrogen-bond donors (Lipinski definition) is 1. The molecule has 0 aliphatic heterocycles. The number of ether oxygens (including phenoxy) is 4. The number of halogens is 1. The Balaban J connectivity index is 1.94. The monoisotopic (exact) mass is 470 g/mol. The zero-order chi connectivity index (χ0) is 18.9. The van der Waals surface area contributed by atoms with E-state index in [2.05, 4.69) is 33.1 Å². The zero-order valence-corrected chi connectivity index (χ0v) is 16.8. The lowest BCUT2D eigenvalue weighted by Crippen LogP contribution is -2.24. The summed E-state index contributed by atoms with van der Waals surface area (Å²) in [6.07, 6.45) is 1.48. The number of methoxy groups -OCH3 is 3. The molecule has 0 saturated carbocycles. The quantitative estimate of drug-likeness (QED) is 0.365. The van der Waals surface area contributed by atoms with E-state index < -0.39 is 0 Å². The van der Waals surface area contributed by atoms with Crippen LogP contribution in [0, 0.1) is 3.57 Å². The molecule has 1 amide bonds. The summed E-state index contributed by atoms with van der Waals surface area (Å²) in [5, 5.41) is 3.92. The number of carbonyl (C=O) groups is 1. The molecule has 0 aromatic heterocycles. The van der Waals surface area contributed by atoms with E-state index in [1.165, 1.54) is 27.5 Å². The smallest absolute Gasteiger partial charge is 0.277 e. The first kappa shape index (κ1) is 19.8. The van der Waals surface area contributed by atoms with Crippen LogP contribution in [0.2, 0.25) is 0 Å². The van der Waals surface area contributed by atoms with Crippen LogP contribution in [-0.4, -0.2) is 40.1 Å². The van der Waals surface area contributed by atoms with E-state index in [0.29, 0.717) is 28.6 Å². The molecular formula is C18H19IN2O5. The summed E-state index contributed by atoms with van der Waals surface area (Å²) < 4.78 is 22.3. The second-order valence-electron chi connectivity index (χ2n) is 4.99. The van der Waals surface area contributed by atoms with Gasteiger partial charge >= 0.3 is 0 Å². The average Bonchev–Trinajstić information content (AvgIpc) is 2.66. The predicted molar refractivity (Wildman–Crippen MR) is 106 cm³/mol. The maximum Gasteiger partial charge on any atom is 0.277 e. The van der Waals surface area contributed by atoms with Gasteiger partial charge in [-0.2, -0.15) is 5.10 Å². The van der Waals surface area contributed by atoms with E-state index in [-0.39, 0.29) is 12.5 Å². The van der Waals surface area contributed by atoms with Gasteiger partial charge in [0.05, 0.1) is 27.5 Å². The van der Waals surface area contributed by atoms with E-state index in [9.17, 15) is 4.79 Å². The summed E-state index contributed by atoms with van der Waals surface area (Å²) in [6, 6.07) is 10.8. The Morgan fingerprint density at radius 1 is 1.08 bits per heavy atom. The second-order valence-corrected chi connectivity index (χ2v) is 6.24. The van der Waals surface area contributed by atoms with Gasteiger partial charge in [-0.25, -0.2) is 5.43 Å². The number of hydrazone groups is 1. The predicted octanol–water partition coefficient (Wildman–Crippen LogP) is 2.85. The van der Waals surface area contributed by atoms with Gasteiger partial charge in [0, 0.05) is 9.13 Å². The minimum absolute atomic E-state index is 0.132. The number of nitrogens with one attached hydrogen (secondary N) is 1. The molecule has 0 heterocycles. The van der Waals surface area contributed by atoms with Crippen LogP contribution in [0.4, 0.5) is 0 Å². The molecule has 26 heavy (non-hydrogen) atoms. The Morgan fingerprint density at radius 2 is 1.69 bits per heavy atom. The van der Waals surface area contributed by atoms with E-state index in [1.807, 2.05) is 12.1 Å². The highest BCUT2D eigenvalue weighted by Gasteiger charge is 2.12. The van der Waals surface area contributed by atoms with Crippen LogP contribution >= 0.6 is 22.6 Å². The molecule has 138 valence electrons. The van der Waals surface area contributed by atoms with E-state index in [4.69, 9.17) is 18.9 Å². The van der Waals surface area contributed by atoms with Crippen LogP contribution < -0.4 is 24.4 Å². The topological polar surface area (TPSA) is 78.4 Å². The summed E-state index contributed by atoms with van der Waals surface area (Å²) in [5.41, 5.74) is 3.09. The van der Waals surface area contributed by atoms with Crippen molar-refractivity contribution in [3.8, 4) is 23.0 Å². The molecule has 0 unspecified atom stereocenters. The lowest BCUT2D eigenvalue weighted by Gasteiger charge is -2.12.